The molecule has 138 valence electrons. The lowest BCUT2D eigenvalue weighted by atomic mass is 9.82. The zero-order valence-corrected chi connectivity index (χ0v) is 15.3. The molecule has 1 aliphatic rings. The fourth-order valence-corrected chi connectivity index (χ4v) is 3.47. The van der Waals surface area contributed by atoms with Crippen molar-refractivity contribution in [2.24, 2.45) is 5.92 Å². The standard InChI is InChI=1S/C21H17ClO5/c1-11-5-6-18(26-13-8-12(9-13)21(24)25)15(7-11)19-10-17(23)14-3-2-4-16(22)20(14)27-19/h2-7,10,12-13H,8-9H2,1H3,(H,24,25)/t12-,13+. The van der Waals surface area contributed by atoms with Gasteiger partial charge in [0.15, 0.2) is 11.0 Å². The molecule has 3 aromatic rings. The molecule has 0 bridgehead atoms. The van der Waals surface area contributed by atoms with Crippen LogP contribution in [-0.4, -0.2) is 17.2 Å². The number of benzene rings is 2. The van der Waals surface area contributed by atoms with Gasteiger partial charge < -0.3 is 14.3 Å². The van der Waals surface area contributed by atoms with E-state index in [1.807, 2.05) is 25.1 Å². The fourth-order valence-electron chi connectivity index (χ4n) is 3.26. The fraction of sp³-hybridized carbons (Fsp3) is 0.238. The number of rotatable bonds is 4. The van der Waals surface area contributed by atoms with Crippen LogP contribution in [0.4, 0.5) is 0 Å². The summed E-state index contributed by atoms with van der Waals surface area (Å²) in [7, 11) is 0. The van der Waals surface area contributed by atoms with Crippen molar-refractivity contribution in [1.29, 1.82) is 0 Å². The molecule has 0 atom stereocenters. The second-order valence-electron chi connectivity index (χ2n) is 6.84. The molecule has 1 aliphatic carbocycles. The van der Waals surface area contributed by atoms with Crippen LogP contribution in [0.25, 0.3) is 22.3 Å². The molecule has 0 spiro atoms. The second-order valence-corrected chi connectivity index (χ2v) is 7.24. The minimum atomic E-state index is -0.797. The van der Waals surface area contributed by atoms with E-state index in [9.17, 15) is 9.59 Å². The molecule has 1 heterocycles. The summed E-state index contributed by atoms with van der Waals surface area (Å²) < 4.78 is 11.9. The van der Waals surface area contributed by atoms with Gasteiger partial charge in [-0.05, 0) is 44.0 Å². The summed E-state index contributed by atoms with van der Waals surface area (Å²) in [5.41, 5.74) is 1.78. The third kappa shape index (κ3) is 3.30. The first-order valence-electron chi connectivity index (χ1n) is 8.65. The summed E-state index contributed by atoms with van der Waals surface area (Å²) in [5, 5.41) is 9.81. The van der Waals surface area contributed by atoms with Gasteiger partial charge in [-0.25, -0.2) is 0 Å². The maximum atomic E-state index is 12.5. The molecule has 0 unspecified atom stereocenters. The number of halogens is 1. The molecule has 1 fully saturated rings. The molecule has 6 heteroatoms. The number of carbonyl (C=O) groups is 1. The molecule has 1 aromatic heterocycles. The van der Waals surface area contributed by atoms with Crippen molar-refractivity contribution in [2.75, 3.05) is 0 Å². The van der Waals surface area contributed by atoms with Gasteiger partial charge in [0, 0.05) is 6.07 Å². The number of aliphatic carboxylic acids is 1. The molecule has 0 saturated heterocycles. The Kier molecular flexibility index (Phi) is 4.40. The van der Waals surface area contributed by atoms with E-state index < -0.39 is 5.97 Å². The highest BCUT2D eigenvalue weighted by molar-refractivity contribution is 6.34. The van der Waals surface area contributed by atoms with Gasteiger partial charge in [0.2, 0.25) is 0 Å². The highest BCUT2D eigenvalue weighted by Crippen LogP contribution is 2.37. The van der Waals surface area contributed by atoms with E-state index in [-0.39, 0.29) is 17.5 Å². The molecule has 0 radical (unpaired) electrons. The molecule has 27 heavy (non-hydrogen) atoms. The van der Waals surface area contributed by atoms with Crippen LogP contribution >= 0.6 is 11.6 Å². The number of para-hydroxylation sites is 1. The van der Waals surface area contributed by atoms with Crippen LogP contribution in [0.3, 0.4) is 0 Å². The monoisotopic (exact) mass is 384 g/mol. The predicted octanol–water partition coefficient (Wildman–Crippen LogP) is 4.66. The lowest BCUT2D eigenvalue weighted by Crippen LogP contribution is -2.38. The lowest BCUT2D eigenvalue weighted by molar-refractivity contribution is -0.147. The zero-order chi connectivity index (χ0) is 19.1. The van der Waals surface area contributed by atoms with Crippen molar-refractivity contribution in [1.82, 2.24) is 0 Å². The summed E-state index contributed by atoms with van der Waals surface area (Å²) in [6.07, 6.45) is 0.773. The van der Waals surface area contributed by atoms with E-state index in [2.05, 4.69) is 0 Å². The van der Waals surface area contributed by atoms with E-state index in [4.69, 9.17) is 25.9 Å². The Bertz CT molecular complexity index is 1100. The van der Waals surface area contributed by atoms with E-state index in [1.165, 1.54) is 6.07 Å². The van der Waals surface area contributed by atoms with Gasteiger partial charge in [-0.1, -0.05) is 29.3 Å². The molecule has 0 aliphatic heterocycles. The third-order valence-corrected chi connectivity index (χ3v) is 5.14. The van der Waals surface area contributed by atoms with Crippen molar-refractivity contribution in [2.45, 2.75) is 25.9 Å². The average molecular weight is 385 g/mol. The minimum Gasteiger partial charge on any atom is -0.490 e. The minimum absolute atomic E-state index is 0.164. The van der Waals surface area contributed by atoms with Crippen molar-refractivity contribution < 1.29 is 19.1 Å². The summed E-state index contributed by atoms with van der Waals surface area (Å²) in [5.74, 6) is -0.229. The number of aryl methyl sites for hydroxylation is 1. The Balaban J connectivity index is 1.75. The second kappa shape index (κ2) is 6.74. The average Bonchev–Trinajstić information content (AvgIpc) is 2.59. The molecular formula is C21H17ClO5. The van der Waals surface area contributed by atoms with Crippen LogP contribution in [0, 0.1) is 12.8 Å². The Hall–Kier alpha value is -2.79. The third-order valence-electron chi connectivity index (χ3n) is 4.84. The Morgan fingerprint density at radius 2 is 2.00 bits per heavy atom. The van der Waals surface area contributed by atoms with Crippen LogP contribution in [-0.2, 0) is 4.79 Å². The van der Waals surface area contributed by atoms with Gasteiger partial charge in [-0.15, -0.1) is 0 Å². The van der Waals surface area contributed by atoms with E-state index in [0.29, 0.717) is 45.9 Å². The SMILES string of the molecule is Cc1ccc(O[C@H]2C[C@@H](C(=O)O)C2)c(-c2cc(=O)c3cccc(Cl)c3o2)c1. The first kappa shape index (κ1) is 17.6. The molecule has 0 amide bonds. The van der Waals surface area contributed by atoms with Gasteiger partial charge in [0.1, 0.15) is 17.6 Å². The van der Waals surface area contributed by atoms with E-state index in [1.54, 1.807) is 18.2 Å². The quantitative estimate of drug-likeness (QED) is 0.707. The molecule has 2 aromatic carbocycles. The molecule has 1 saturated carbocycles. The molecular weight excluding hydrogens is 368 g/mol. The molecule has 1 N–H and O–H groups in total. The first-order chi connectivity index (χ1) is 12.9. The summed E-state index contributed by atoms with van der Waals surface area (Å²) in [6.45, 7) is 1.93. The topological polar surface area (TPSA) is 76.7 Å². The summed E-state index contributed by atoms with van der Waals surface area (Å²) >= 11 is 6.20. The highest BCUT2D eigenvalue weighted by Gasteiger charge is 2.36. The van der Waals surface area contributed by atoms with Gasteiger partial charge >= 0.3 is 5.97 Å². The van der Waals surface area contributed by atoms with Crippen LogP contribution < -0.4 is 10.2 Å². The first-order valence-corrected chi connectivity index (χ1v) is 9.03. The summed E-state index contributed by atoms with van der Waals surface area (Å²) in [6, 6.07) is 12.1. The lowest BCUT2D eigenvalue weighted by Gasteiger charge is -2.33. The number of fused-ring (bicyclic) bond motifs is 1. The maximum Gasteiger partial charge on any atom is 0.306 e. The Labute approximate surface area is 160 Å². The number of hydrogen-bond donors (Lipinski definition) is 1. The molecule has 5 nitrogen and oxygen atoms in total. The highest BCUT2D eigenvalue weighted by atomic mass is 35.5. The normalized spacial score (nSPS) is 18.9. The van der Waals surface area contributed by atoms with Crippen molar-refractivity contribution in [3.05, 3.63) is 63.3 Å². The van der Waals surface area contributed by atoms with Crippen molar-refractivity contribution in [3.63, 3.8) is 0 Å². The van der Waals surface area contributed by atoms with Crippen molar-refractivity contribution >= 4 is 28.5 Å². The molecule has 4 rings (SSSR count). The zero-order valence-electron chi connectivity index (χ0n) is 14.6. The smallest absolute Gasteiger partial charge is 0.306 e. The van der Waals surface area contributed by atoms with Crippen molar-refractivity contribution in [3.8, 4) is 17.1 Å². The van der Waals surface area contributed by atoms with Crippen LogP contribution in [0.1, 0.15) is 18.4 Å². The summed E-state index contributed by atoms with van der Waals surface area (Å²) in [4.78, 5) is 23.5. The van der Waals surface area contributed by atoms with Gasteiger partial charge in [-0.3, -0.25) is 9.59 Å². The van der Waals surface area contributed by atoms with Crippen LogP contribution in [0.2, 0.25) is 5.02 Å². The predicted molar refractivity (Wildman–Crippen MR) is 102 cm³/mol. The Morgan fingerprint density at radius 1 is 1.22 bits per heavy atom. The van der Waals surface area contributed by atoms with Crippen LogP contribution in [0.5, 0.6) is 5.75 Å². The van der Waals surface area contributed by atoms with E-state index >= 15 is 0 Å². The largest absolute Gasteiger partial charge is 0.490 e. The van der Waals surface area contributed by atoms with Gasteiger partial charge in [-0.2, -0.15) is 0 Å². The van der Waals surface area contributed by atoms with Gasteiger partial charge in [0.25, 0.3) is 0 Å². The number of hydrogen-bond acceptors (Lipinski definition) is 4. The van der Waals surface area contributed by atoms with E-state index in [0.717, 1.165) is 5.56 Å². The number of ether oxygens (including phenoxy) is 1. The number of carboxylic acids is 1. The Morgan fingerprint density at radius 3 is 2.74 bits per heavy atom. The van der Waals surface area contributed by atoms with Gasteiger partial charge in [0.05, 0.1) is 21.9 Å². The number of carboxylic acid groups (broad SMARTS) is 1. The van der Waals surface area contributed by atoms with Crippen LogP contribution in [0.15, 0.2) is 51.7 Å². The maximum absolute atomic E-state index is 12.5.